The fraction of sp³-hybridized carbons (Fsp3) is 0.394. The molecule has 0 aromatic heterocycles. The maximum atomic E-state index is 12.4. The number of benzene rings is 3. The summed E-state index contributed by atoms with van der Waals surface area (Å²) in [6.07, 6.45) is 1.37. The molecule has 8 heteroatoms. The maximum absolute atomic E-state index is 12.4. The van der Waals surface area contributed by atoms with Gasteiger partial charge in [-0.1, -0.05) is 60.1 Å². The van der Waals surface area contributed by atoms with Gasteiger partial charge in [0, 0.05) is 24.2 Å². The van der Waals surface area contributed by atoms with Gasteiger partial charge in [0.25, 0.3) is 6.10 Å². The summed E-state index contributed by atoms with van der Waals surface area (Å²) in [7, 11) is 0. The standard InChI is InChI=1S/C33H38ClNO6/c1-3-39-32(37)31(33(38)40-4-2)41-29-17-16-25-19-28(15-9-12-24(25)20-29)35(21-23-10-6-5-7-11-23)22-30(36)26-13-8-14-27(34)18-26/h5-8,10-11,13-14,16-18,20,28,30-31,36H,3-4,9,12,15,19,21-22H2,1-2H3/t28?,30-/m0/s1. The van der Waals surface area contributed by atoms with Crippen LogP contribution in [0.25, 0.3) is 0 Å². The minimum atomic E-state index is -1.47. The lowest BCUT2D eigenvalue weighted by Crippen LogP contribution is -2.39. The van der Waals surface area contributed by atoms with E-state index in [4.69, 9.17) is 25.8 Å². The smallest absolute Gasteiger partial charge is 0.359 e. The minimum absolute atomic E-state index is 0.134. The summed E-state index contributed by atoms with van der Waals surface area (Å²) in [5.41, 5.74) is 4.28. The van der Waals surface area contributed by atoms with E-state index in [1.54, 1.807) is 26.0 Å². The number of ether oxygens (including phenoxy) is 3. The molecule has 0 amide bonds. The molecular weight excluding hydrogens is 542 g/mol. The molecule has 0 radical (unpaired) electrons. The highest BCUT2D eigenvalue weighted by Crippen LogP contribution is 2.30. The summed E-state index contributed by atoms with van der Waals surface area (Å²) in [5.74, 6) is -1.11. The van der Waals surface area contributed by atoms with Crippen molar-refractivity contribution in [1.82, 2.24) is 4.90 Å². The van der Waals surface area contributed by atoms with Crippen molar-refractivity contribution in [3.8, 4) is 5.75 Å². The molecule has 41 heavy (non-hydrogen) atoms. The summed E-state index contributed by atoms with van der Waals surface area (Å²) in [4.78, 5) is 27.2. The van der Waals surface area contributed by atoms with E-state index in [0.29, 0.717) is 23.9 Å². The summed E-state index contributed by atoms with van der Waals surface area (Å²) in [6, 6.07) is 23.6. The van der Waals surface area contributed by atoms with Gasteiger partial charge < -0.3 is 19.3 Å². The van der Waals surface area contributed by atoms with Crippen molar-refractivity contribution in [3.05, 3.63) is 100 Å². The Morgan fingerprint density at radius 3 is 2.37 bits per heavy atom. The quantitative estimate of drug-likeness (QED) is 0.167. The van der Waals surface area contributed by atoms with Crippen LogP contribution in [0.2, 0.25) is 5.02 Å². The largest absolute Gasteiger partial charge is 0.467 e. The van der Waals surface area contributed by atoms with Crippen LogP contribution in [0.15, 0.2) is 72.8 Å². The molecule has 2 atom stereocenters. The molecule has 3 aromatic rings. The lowest BCUT2D eigenvalue weighted by molar-refractivity contribution is -0.166. The molecule has 218 valence electrons. The predicted molar refractivity (Wildman–Crippen MR) is 158 cm³/mol. The van der Waals surface area contributed by atoms with Gasteiger partial charge in [-0.25, -0.2) is 9.59 Å². The van der Waals surface area contributed by atoms with Crippen molar-refractivity contribution in [1.29, 1.82) is 0 Å². The molecule has 7 nitrogen and oxygen atoms in total. The summed E-state index contributed by atoms with van der Waals surface area (Å²) in [5, 5.41) is 11.8. The first-order valence-electron chi connectivity index (χ1n) is 14.2. The van der Waals surface area contributed by atoms with Crippen LogP contribution in [-0.4, -0.2) is 53.8 Å². The van der Waals surface area contributed by atoms with Crippen LogP contribution in [0.5, 0.6) is 5.75 Å². The second-order valence-corrected chi connectivity index (χ2v) is 10.6. The topological polar surface area (TPSA) is 85.3 Å². The SMILES string of the molecule is CCOC(=O)C(Oc1ccc2c(c1)CCCC(N(Cc1ccccc1)C[C@H](O)c1cccc(Cl)c1)C2)C(=O)OCC. The Morgan fingerprint density at radius 2 is 1.68 bits per heavy atom. The zero-order valence-corrected chi connectivity index (χ0v) is 24.4. The highest BCUT2D eigenvalue weighted by atomic mass is 35.5. The molecule has 4 rings (SSSR count). The lowest BCUT2D eigenvalue weighted by Gasteiger charge is -2.33. The second-order valence-electron chi connectivity index (χ2n) is 10.2. The highest BCUT2D eigenvalue weighted by Gasteiger charge is 2.32. The van der Waals surface area contributed by atoms with Gasteiger partial charge in [-0.2, -0.15) is 0 Å². The van der Waals surface area contributed by atoms with Gasteiger partial charge in [-0.05, 0) is 86.1 Å². The fourth-order valence-corrected chi connectivity index (χ4v) is 5.47. The number of carbonyl (C=O) groups excluding carboxylic acids is 2. The van der Waals surface area contributed by atoms with Gasteiger partial charge in [-0.15, -0.1) is 0 Å². The van der Waals surface area contributed by atoms with Gasteiger partial charge in [0.2, 0.25) is 0 Å². The maximum Gasteiger partial charge on any atom is 0.359 e. The Kier molecular flexibility index (Phi) is 11.2. The Balaban J connectivity index is 1.54. The van der Waals surface area contributed by atoms with Gasteiger partial charge in [0.15, 0.2) is 0 Å². The Morgan fingerprint density at radius 1 is 0.951 bits per heavy atom. The number of aliphatic hydroxyl groups excluding tert-OH is 1. The molecule has 0 aliphatic heterocycles. The molecule has 1 aliphatic rings. The molecule has 3 aromatic carbocycles. The average molecular weight is 580 g/mol. The van der Waals surface area contributed by atoms with Crippen molar-refractivity contribution in [2.45, 2.75) is 64.3 Å². The van der Waals surface area contributed by atoms with Crippen LogP contribution in [0.3, 0.4) is 0 Å². The summed E-state index contributed by atoms with van der Waals surface area (Å²) >= 11 is 6.21. The molecule has 0 fully saturated rings. The van der Waals surface area contributed by atoms with Crippen molar-refractivity contribution in [3.63, 3.8) is 0 Å². The van der Waals surface area contributed by atoms with E-state index in [-0.39, 0.29) is 19.3 Å². The van der Waals surface area contributed by atoms with E-state index >= 15 is 0 Å². The molecular formula is C33H38ClNO6. The molecule has 1 N–H and O–H groups in total. The average Bonchev–Trinajstić information content (AvgIpc) is 3.18. The van der Waals surface area contributed by atoms with E-state index in [0.717, 1.165) is 36.8 Å². The van der Waals surface area contributed by atoms with Crippen molar-refractivity contribution >= 4 is 23.5 Å². The molecule has 0 heterocycles. The van der Waals surface area contributed by atoms with Crippen LogP contribution in [0.4, 0.5) is 0 Å². The molecule has 0 saturated carbocycles. The number of aryl methyl sites for hydroxylation is 1. The molecule has 0 saturated heterocycles. The van der Waals surface area contributed by atoms with Crippen molar-refractivity contribution in [2.75, 3.05) is 19.8 Å². The summed E-state index contributed by atoms with van der Waals surface area (Å²) in [6.45, 7) is 4.80. The number of hydrogen-bond acceptors (Lipinski definition) is 7. The van der Waals surface area contributed by atoms with Crippen LogP contribution in [-0.2, 0) is 38.4 Å². The van der Waals surface area contributed by atoms with Crippen LogP contribution in [0, 0.1) is 0 Å². The molecule has 1 aliphatic carbocycles. The lowest BCUT2D eigenvalue weighted by atomic mass is 9.99. The zero-order chi connectivity index (χ0) is 29.2. The number of hydrogen-bond donors (Lipinski definition) is 1. The van der Waals surface area contributed by atoms with Crippen LogP contribution in [0.1, 0.15) is 55.0 Å². The second kappa shape index (κ2) is 15.0. The first-order valence-corrected chi connectivity index (χ1v) is 14.6. The molecule has 1 unspecified atom stereocenters. The number of aliphatic hydroxyl groups is 1. The van der Waals surface area contributed by atoms with Gasteiger partial charge in [0.1, 0.15) is 5.75 Å². The van der Waals surface area contributed by atoms with Crippen molar-refractivity contribution in [2.24, 2.45) is 0 Å². The van der Waals surface area contributed by atoms with Gasteiger partial charge in [0.05, 0.1) is 19.3 Å². The van der Waals surface area contributed by atoms with E-state index in [1.165, 1.54) is 11.1 Å². The Bertz CT molecular complexity index is 1280. The first-order chi connectivity index (χ1) is 19.9. The predicted octanol–water partition coefficient (Wildman–Crippen LogP) is 5.70. The summed E-state index contributed by atoms with van der Waals surface area (Å²) < 4.78 is 15.9. The van der Waals surface area contributed by atoms with Crippen molar-refractivity contribution < 1.29 is 28.9 Å². The van der Waals surface area contributed by atoms with Gasteiger partial charge in [-0.3, -0.25) is 4.90 Å². The normalized spacial score (nSPS) is 15.6. The van der Waals surface area contributed by atoms with E-state index < -0.39 is 24.1 Å². The third-order valence-corrected chi connectivity index (χ3v) is 7.49. The fourth-order valence-electron chi connectivity index (χ4n) is 5.27. The third kappa shape index (κ3) is 8.55. The molecule has 0 spiro atoms. The number of rotatable bonds is 12. The highest BCUT2D eigenvalue weighted by molar-refractivity contribution is 6.30. The number of nitrogens with zero attached hydrogens (tertiary/aromatic N) is 1. The minimum Gasteiger partial charge on any atom is -0.467 e. The Hall–Kier alpha value is -3.39. The van der Waals surface area contributed by atoms with E-state index in [2.05, 4.69) is 17.0 Å². The first kappa shape index (κ1) is 30.6. The Labute approximate surface area is 247 Å². The number of esters is 2. The zero-order valence-electron chi connectivity index (χ0n) is 23.6. The van der Waals surface area contributed by atoms with E-state index in [9.17, 15) is 14.7 Å². The number of carbonyl (C=O) groups is 2. The van der Waals surface area contributed by atoms with Crippen LogP contribution >= 0.6 is 11.6 Å². The molecule has 0 bridgehead atoms. The number of fused-ring (bicyclic) bond motifs is 1. The van der Waals surface area contributed by atoms with E-state index in [1.807, 2.05) is 48.5 Å². The monoisotopic (exact) mass is 579 g/mol. The number of halogens is 1. The van der Waals surface area contributed by atoms with Gasteiger partial charge >= 0.3 is 11.9 Å². The van der Waals surface area contributed by atoms with Crippen LogP contribution < -0.4 is 4.74 Å². The third-order valence-electron chi connectivity index (χ3n) is 7.26.